The highest BCUT2D eigenvalue weighted by molar-refractivity contribution is 7.14. The van der Waals surface area contributed by atoms with E-state index in [0.717, 1.165) is 11.3 Å². The lowest BCUT2D eigenvalue weighted by Gasteiger charge is -2.30. The Kier molecular flexibility index (Phi) is 4.44. The van der Waals surface area contributed by atoms with Gasteiger partial charge in [-0.05, 0) is 37.8 Å². The minimum atomic E-state index is 0.217. The SMILES string of the molecule is CCc1cc(C(=O)N(C)C2CCCCC2)sc1C. The molecule has 0 unspecified atom stereocenters. The zero-order valence-electron chi connectivity index (χ0n) is 11.7. The van der Waals surface area contributed by atoms with Crippen molar-refractivity contribution in [2.45, 2.75) is 58.4 Å². The Bertz CT molecular complexity index is 418. The fraction of sp³-hybridized carbons (Fsp3) is 0.667. The van der Waals surface area contributed by atoms with Crippen molar-refractivity contribution >= 4 is 17.2 Å². The molecule has 0 aliphatic heterocycles. The van der Waals surface area contributed by atoms with E-state index >= 15 is 0 Å². The predicted octanol–water partition coefficient (Wildman–Crippen LogP) is 4.02. The molecule has 0 atom stereocenters. The van der Waals surface area contributed by atoms with Crippen molar-refractivity contribution in [1.29, 1.82) is 0 Å². The molecule has 0 N–H and O–H groups in total. The average molecular weight is 265 g/mol. The highest BCUT2D eigenvalue weighted by Gasteiger charge is 2.24. The van der Waals surface area contributed by atoms with Crippen LogP contribution in [0.3, 0.4) is 0 Å². The van der Waals surface area contributed by atoms with Gasteiger partial charge in [0, 0.05) is 18.0 Å². The third kappa shape index (κ3) is 2.77. The summed E-state index contributed by atoms with van der Waals surface area (Å²) in [6, 6.07) is 2.54. The van der Waals surface area contributed by atoms with Crippen LogP contribution in [-0.4, -0.2) is 23.9 Å². The van der Waals surface area contributed by atoms with Crippen LogP contribution in [0.4, 0.5) is 0 Å². The first-order valence-corrected chi connectivity index (χ1v) is 7.81. The molecule has 0 saturated heterocycles. The molecule has 0 aromatic carbocycles. The Morgan fingerprint density at radius 3 is 2.61 bits per heavy atom. The van der Waals surface area contributed by atoms with Gasteiger partial charge in [-0.25, -0.2) is 0 Å². The maximum absolute atomic E-state index is 12.5. The maximum Gasteiger partial charge on any atom is 0.263 e. The van der Waals surface area contributed by atoms with Gasteiger partial charge in [0.2, 0.25) is 0 Å². The lowest BCUT2D eigenvalue weighted by atomic mass is 9.94. The molecule has 0 spiro atoms. The van der Waals surface area contributed by atoms with Gasteiger partial charge < -0.3 is 4.90 Å². The highest BCUT2D eigenvalue weighted by atomic mass is 32.1. The van der Waals surface area contributed by atoms with Crippen LogP contribution >= 0.6 is 11.3 Å². The van der Waals surface area contributed by atoms with Crippen molar-refractivity contribution in [1.82, 2.24) is 4.90 Å². The molecule has 1 fully saturated rings. The summed E-state index contributed by atoms with van der Waals surface area (Å²) in [5, 5.41) is 0. The summed E-state index contributed by atoms with van der Waals surface area (Å²) in [5.74, 6) is 0.217. The molecule has 0 bridgehead atoms. The molecule has 100 valence electrons. The topological polar surface area (TPSA) is 20.3 Å². The van der Waals surface area contributed by atoms with Crippen molar-refractivity contribution in [2.24, 2.45) is 0 Å². The summed E-state index contributed by atoms with van der Waals surface area (Å²) in [6.07, 6.45) is 7.23. The molecule has 1 aliphatic rings. The molecule has 3 heteroatoms. The second-order valence-electron chi connectivity index (χ2n) is 5.25. The fourth-order valence-corrected chi connectivity index (χ4v) is 3.88. The minimum absolute atomic E-state index is 0.217. The fourth-order valence-electron chi connectivity index (χ4n) is 2.78. The van der Waals surface area contributed by atoms with Gasteiger partial charge in [-0.2, -0.15) is 0 Å². The van der Waals surface area contributed by atoms with Crippen molar-refractivity contribution < 1.29 is 4.79 Å². The number of carbonyl (C=O) groups is 1. The number of hydrogen-bond donors (Lipinski definition) is 0. The first-order chi connectivity index (χ1) is 8.63. The van der Waals surface area contributed by atoms with Crippen LogP contribution in [-0.2, 0) is 6.42 Å². The molecule has 1 amide bonds. The Labute approximate surface area is 114 Å². The molecule has 1 saturated carbocycles. The van der Waals surface area contributed by atoms with E-state index in [1.54, 1.807) is 11.3 Å². The van der Waals surface area contributed by atoms with E-state index in [9.17, 15) is 4.79 Å². The Morgan fingerprint density at radius 2 is 2.06 bits per heavy atom. The van der Waals surface area contributed by atoms with Crippen molar-refractivity contribution in [2.75, 3.05) is 7.05 Å². The zero-order chi connectivity index (χ0) is 13.1. The van der Waals surface area contributed by atoms with Crippen LogP contribution in [0.1, 0.15) is 59.1 Å². The van der Waals surface area contributed by atoms with Crippen LogP contribution in [0.5, 0.6) is 0 Å². The van der Waals surface area contributed by atoms with E-state index in [4.69, 9.17) is 0 Å². The lowest BCUT2D eigenvalue weighted by Crippen LogP contribution is -2.37. The molecular weight excluding hydrogens is 242 g/mol. The molecule has 2 nitrogen and oxygen atoms in total. The highest BCUT2D eigenvalue weighted by Crippen LogP contribution is 2.27. The first-order valence-electron chi connectivity index (χ1n) is 7.00. The Morgan fingerprint density at radius 1 is 1.39 bits per heavy atom. The Hall–Kier alpha value is -0.830. The van der Waals surface area contributed by atoms with Gasteiger partial charge in [-0.15, -0.1) is 11.3 Å². The van der Waals surface area contributed by atoms with E-state index in [-0.39, 0.29) is 5.91 Å². The van der Waals surface area contributed by atoms with Gasteiger partial charge in [-0.1, -0.05) is 26.2 Å². The number of aryl methyl sites for hydroxylation is 2. The second-order valence-corrected chi connectivity index (χ2v) is 6.51. The number of thiophene rings is 1. The number of rotatable bonds is 3. The lowest BCUT2D eigenvalue weighted by molar-refractivity contribution is 0.0701. The quantitative estimate of drug-likeness (QED) is 0.808. The monoisotopic (exact) mass is 265 g/mol. The summed E-state index contributed by atoms with van der Waals surface area (Å²) in [6.45, 7) is 4.26. The van der Waals surface area contributed by atoms with Crippen LogP contribution in [0.15, 0.2) is 6.07 Å². The minimum Gasteiger partial charge on any atom is -0.338 e. The summed E-state index contributed by atoms with van der Waals surface area (Å²) < 4.78 is 0. The largest absolute Gasteiger partial charge is 0.338 e. The summed E-state index contributed by atoms with van der Waals surface area (Å²) in [7, 11) is 1.97. The third-order valence-electron chi connectivity index (χ3n) is 4.06. The molecular formula is C15H23NOS. The van der Waals surface area contributed by atoms with Gasteiger partial charge >= 0.3 is 0 Å². The average Bonchev–Trinajstić information content (AvgIpc) is 2.79. The molecule has 1 heterocycles. The molecule has 1 aromatic rings. The molecule has 18 heavy (non-hydrogen) atoms. The number of hydrogen-bond acceptors (Lipinski definition) is 2. The van der Waals surface area contributed by atoms with E-state index in [1.165, 1.54) is 42.5 Å². The summed E-state index contributed by atoms with van der Waals surface area (Å²) >= 11 is 1.65. The molecule has 2 rings (SSSR count). The van der Waals surface area contributed by atoms with Crippen molar-refractivity contribution in [3.05, 3.63) is 21.4 Å². The van der Waals surface area contributed by atoms with Gasteiger partial charge in [0.15, 0.2) is 0 Å². The second kappa shape index (κ2) is 5.87. The van der Waals surface area contributed by atoms with Crippen LogP contribution in [0.2, 0.25) is 0 Å². The normalized spacial score (nSPS) is 16.8. The number of carbonyl (C=O) groups excluding carboxylic acids is 1. The van der Waals surface area contributed by atoms with Gasteiger partial charge in [-0.3, -0.25) is 4.79 Å². The van der Waals surface area contributed by atoms with E-state index < -0.39 is 0 Å². The molecule has 1 aromatic heterocycles. The van der Waals surface area contributed by atoms with Gasteiger partial charge in [0.05, 0.1) is 4.88 Å². The van der Waals surface area contributed by atoms with Crippen LogP contribution in [0.25, 0.3) is 0 Å². The smallest absolute Gasteiger partial charge is 0.263 e. The summed E-state index contributed by atoms with van der Waals surface area (Å²) in [5.41, 5.74) is 1.32. The number of nitrogens with zero attached hydrogens (tertiary/aromatic N) is 1. The zero-order valence-corrected chi connectivity index (χ0v) is 12.5. The van der Waals surface area contributed by atoms with Gasteiger partial charge in [0.25, 0.3) is 5.91 Å². The standard InChI is InChI=1S/C15H23NOS/c1-4-12-10-14(18-11(12)2)15(17)16(3)13-8-6-5-7-9-13/h10,13H,4-9H2,1-3H3. The van der Waals surface area contributed by atoms with Crippen LogP contribution in [0, 0.1) is 6.92 Å². The predicted molar refractivity (Wildman–Crippen MR) is 77.4 cm³/mol. The Balaban J connectivity index is 2.09. The van der Waals surface area contributed by atoms with Gasteiger partial charge in [0.1, 0.15) is 0 Å². The van der Waals surface area contributed by atoms with Crippen molar-refractivity contribution in [3.63, 3.8) is 0 Å². The maximum atomic E-state index is 12.5. The van der Waals surface area contributed by atoms with E-state index in [1.807, 2.05) is 11.9 Å². The first kappa shape index (κ1) is 13.6. The van der Waals surface area contributed by atoms with Crippen molar-refractivity contribution in [3.8, 4) is 0 Å². The molecule has 1 aliphatic carbocycles. The number of amides is 1. The molecule has 0 radical (unpaired) electrons. The van der Waals surface area contributed by atoms with Crippen LogP contribution < -0.4 is 0 Å². The summed E-state index contributed by atoms with van der Waals surface area (Å²) in [4.78, 5) is 16.6. The van der Waals surface area contributed by atoms with E-state index in [0.29, 0.717) is 6.04 Å². The third-order valence-corrected chi connectivity index (χ3v) is 5.14. The van der Waals surface area contributed by atoms with E-state index in [2.05, 4.69) is 19.9 Å².